The van der Waals surface area contributed by atoms with Crippen LogP contribution in [0.25, 0.3) is 0 Å². The van der Waals surface area contributed by atoms with Gasteiger partial charge in [-0.15, -0.1) is 0 Å². The van der Waals surface area contributed by atoms with Crippen LogP contribution in [0.2, 0.25) is 0 Å². The fourth-order valence-electron chi connectivity index (χ4n) is 1.46. The predicted molar refractivity (Wildman–Crippen MR) is 71.4 cm³/mol. The van der Waals surface area contributed by atoms with Crippen LogP contribution in [-0.2, 0) is 11.0 Å². The maximum Gasteiger partial charge on any atom is 0.417 e. The van der Waals surface area contributed by atoms with E-state index in [0.717, 1.165) is 19.1 Å². The van der Waals surface area contributed by atoms with Crippen molar-refractivity contribution < 1.29 is 33.0 Å². The van der Waals surface area contributed by atoms with Gasteiger partial charge < -0.3 is 20.8 Å². The van der Waals surface area contributed by atoms with Crippen LogP contribution in [0.1, 0.15) is 18.1 Å². The quantitative estimate of drug-likeness (QED) is 0.666. The lowest BCUT2D eigenvalue weighted by atomic mass is 10.1. The van der Waals surface area contributed by atoms with Crippen molar-refractivity contribution in [2.45, 2.75) is 18.7 Å². The van der Waals surface area contributed by atoms with Crippen LogP contribution in [0.15, 0.2) is 18.2 Å². The topological polar surface area (TPSA) is 122 Å². The Morgan fingerprint density at radius 3 is 2.43 bits per heavy atom. The summed E-state index contributed by atoms with van der Waals surface area (Å²) in [6, 6.07) is 2.94. The van der Waals surface area contributed by atoms with Gasteiger partial charge in [-0.2, -0.15) is 18.4 Å². The number of hydrogen-bond donors (Lipinski definition) is 4. The molecule has 0 aliphatic heterocycles. The summed E-state index contributed by atoms with van der Waals surface area (Å²) in [6.07, 6.45) is -4.77. The number of nitriles is 1. The molecular weight excluding hydrogens is 319 g/mol. The molecule has 0 aliphatic rings. The van der Waals surface area contributed by atoms with E-state index in [2.05, 4.69) is 5.32 Å². The number of carboxylic acids is 1. The Hall–Kier alpha value is -2.80. The smallest absolute Gasteiger partial charge is 0.417 e. The zero-order chi connectivity index (χ0) is 17.8. The first-order valence-electron chi connectivity index (χ1n) is 6.09. The molecule has 0 heterocycles. The first-order valence-corrected chi connectivity index (χ1v) is 6.09. The molecular formula is C13H12F3N3O4. The normalized spacial score (nSPS) is 13.6. The zero-order valence-corrected chi connectivity index (χ0v) is 11.7. The Morgan fingerprint density at radius 1 is 1.35 bits per heavy atom. The number of halogens is 3. The van der Waals surface area contributed by atoms with Crippen molar-refractivity contribution in [2.75, 3.05) is 11.9 Å². The van der Waals surface area contributed by atoms with Crippen molar-refractivity contribution in [1.82, 2.24) is 5.32 Å². The number of alkyl halides is 3. The molecule has 1 aromatic carbocycles. The molecule has 124 valence electrons. The largest absolute Gasteiger partial charge is 0.479 e. The Labute approximate surface area is 128 Å². The summed E-state index contributed by atoms with van der Waals surface area (Å²) in [5, 5.41) is 30.8. The second-order valence-electron chi connectivity index (χ2n) is 4.76. The Morgan fingerprint density at radius 2 is 1.96 bits per heavy atom. The number of carbonyl (C=O) groups excluding carboxylic acids is 1. The number of urea groups is 1. The third-order valence-electron chi connectivity index (χ3n) is 2.76. The molecule has 0 aromatic heterocycles. The molecule has 1 unspecified atom stereocenters. The first kappa shape index (κ1) is 18.2. The van der Waals surface area contributed by atoms with Gasteiger partial charge in [-0.1, -0.05) is 0 Å². The molecule has 1 aromatic rings. The lowest BCUT2D eigenvalue weighted by molar-refractivity contribution is -0.155. The van der Waals surface area contributed by atoms with Crippen molar-refractivity contribution >= 4 is 17.7 Å². The molecule has 0 fully saturated rings. The minimum absolute atomic E-state index is 0.246. The minimum atomic E-state index is -4.77. The van der Waals surface area contributed by atoms with E-state index in [1.807, 2.05) is 5.32 Å². The molecule has 0 radical (unpaired) electrons. The number of nitrogens with zero attached hydrogens (tertiary/aromatic N) is 1. The summed E-state index contributed by atoms with van der Waals surface area (Å²) in [7, 11) is 0. The number of aliphatic carboxylic acids is 1. The average molecular weight is 331 g/mol. The number of amides is 2. The van der Waals surface area contributed by atoms with Crippen LogP contribution < -0.4 is 10.6 Å². The second-order valence-corrected chi connectivity index (χ2v) is 4.76. The van der Waals surface area contributed by atoms with Gasteiger partial charge in [0.2, 0.25) is 0 Å². The standard InChI is InChI=1S/C13H12F3N3O4/c1-12(23,10(20)21)6-18-11(22)19-8-3-2-7(5-17)9(4-8)13(14,15)16/h2-4,23H,6H2,1H3,(H,20,21)(H2,18,19,22). The number of rotatable bonds is 4. The van der Waals surface area contributed by atoms with Gasteiger partial charge in [0.25, 0.3) is 0 Å². The molecule has 0 aliphatic carbocycles. The van der Waals surface area contributed by atoms with Crippen LogP contribution in [0.3, 0.4) is 0 Å². The summed E-state index contributed by atoms with van der Waals surface area (Å²) in [5.74, 6) is -1.57. The lowest BCUT2D eigenvalue weighted by Crippen LogP contribution is -2.47. The van der Waals surface area contributed by atoms with Crippen molar-refractivity contribution in [1.29, 1.82) is 5.26 Å². The van der Waals surface area contributed by atoms with Crippen LogP contribution in [0.4, 0.5) is 23.7 Å². The van der Waals surface area contributed by atoms with Gasteiger partial charge in [0, 0.05) is 5.69 Å². The Balaban J connectivity index is 2.84. The number of aliphatic hydroxyl groups is 1. The summed E-state index contributed by atoms with van der Waals surface area (Å²) < 4.78 is 38.3. The van der Waals surface area contributed by atoms with Gasteiger partial charge in [0.1, 0.15) is 0 Å². The van der Waals surface area contributed by atoms with Crippen molar-refractivity contribution in [3.05, 3.63) is 29.3 Å². The fourth-order valence-corrected chi connectivity index (χ4v) is 1.46. The van der Waals surface area contributed by atoms with Crippen LogP contribution >= 0.6 is 0 Å². The molecule has 10 heteroatoms. The predicted octanol–water partition coefficient (Wildman–Crippen LogP) is 1.53. The van der Waals surface area contributed by atoms with E-state index in [4.69, 9.17) is 10.4 Å². The molecule has 2 amide bonds. The lowest BCUT2D eigenvalue weighted by Gasteiger charge is -2.18. The third-order valence-corrected chi connectivity index (χ3v) is 2.76. The maximum atomic E-state index is 12.8. The molecule has 0 spiro atoms. The number of hydrogen-bond acceptors (Lipinski definition) is 4. The number of anilines is 1. The molecule has 0 saturated heterocycles. The van der Waals surface area contributed by atoms with E-state index >= 15 is 0 Å². The second kappa shape index (κ2) is 6.53. The van der Waals surface area contributed by atoms with Crippen molar-refractivity contribution in [3.8, 4) is 6.07 Å². The summed E-state index contributed by atoms with van der Waals surface area (Å²) in [6.45, 7) is 0.287. The number of benzene rings is 1. The molecule has 7 nitrogen and oxygen atoms in total. The Bertz CT molecular complexity index is 665. The van der Waals surface area contributed by atoms with Crippen molar-refractivity contribution in [2.24, 2.45) is 0 Å². The van der Waals surface area contributed by atoms with E-state index < -0.39 is 41.4 Å². The van der Waals surface area contributed by atoms with Gasteiger partial charge in [-0.3, -0.25) is 0 Å². The van der Waals surface area contributed by atoms with Crippen LogP contribution in [-0.4, -0.2) is 34.4 Å². The molecule has 0 saturated carbocycles. The first-order chi connectivity index (χ1) is 10.5. The van der Waals surface area contributed by atoms with E-state index in [9.17, 15) is 27.9 Å². The average Bonchev–Trinajstić information content (AvgIpc) is 2.44. The minimum Gasteiger partial charge on any atom is -0.479 e. The fraction of sp³-hybridized carbons (Fsp3) is 0.308. The summed E-state index contributed by atoms with van der Waals surface area (Å²) in [4.78, 5) is 22.2. The molecule has 4 N–H and O–H groups in total. The molecule has 0 bridgehead atoms. The van der Waals surface area contributed by atoms with E-state index in [0.29, 0.717) is 6.07 Å². The van der Waals surface area contributed by atoms with Gasteiger partial charge in [-0.05, 0) is 25.1 Å². The summed E-state index contributed by atoms with van der Waals surface area (Å²) in [5.41, 5.74) is -4.28. The highest BCUT2D eigenvalue weighted by atomic mass is 19.4. The van der Waals surface area contributed by atoms with Crippen molar-refractivity contribution in [3.63, 3.8) is 0 Å². The van der Waals surface area contributed by atoms with Gasteiger partial charge in [0.05, 0.1) is 23.7 Å². The van der Waals surface area contributed by atoms with E-state index in [1.54, 1.807) is 0 Å². The molecule has 1 atom stereocenters. The SMILES string of the molecule is CC(O)(CNC(=O)Nc1ccc(C#N)c(C(F)(F)F)c1)C(=O)O. The third kappa shape index (κ3) is 4.86. The number of carbonyl (C=O) groups is 2. The van der Waals surface area contributed by atoms with Crippen LogP contribution in [0, 0.1) is 11.3 Å². The van der Waals surface area contributed by atoms with Gasteiger partial charge in [-0.25, -0.2) is 9.59 Å². The highest BCUT2D eigenvalue weighted by Gasteiger charge is 2.34. The molecule has 23 heavy (non-hydrogen) atoms. The summed E-state index contributed by atoms with van der Waals surface area (Å²) >= 11 is 0. The maximum absolute atomic E-state index is 12.8. The highest BCUT2D eigenvalue weighted by Crippen LogP contribution is 2.33. The Kier molecular flexibility index (Phi) is 5.18. The highest BCUT2D eigenvalue weighted by molar-refractivity contribution is 5.90. The zero-order valence-electron chi connectivity index (χ0n) is 11.7. The van der Waals surface area contributed by atoms with Gasteiger partial charge in [0.15, 0.2) is 5.60 Å². The monoisotopic (exact) mass is 331 g/mol. The molecule has 1 rings (SSSR count). The van der Waals surface area contributed by atoms with Gasteiger partial charge >= 0.3 is 18.2 Å². The number of nitrogens with one attached hydrogen (secondary N) is 2. The van der Waals surface area contributed by atoms with Crippen LogP contribution in [0.5, 0.6) is 0 Å². The van der Waals surface area contributed by atoms with E-state index in [-0.39, 0.29) is 5.69 Å². The number of carboxylic acid groups (broad SMARTS) is 1. The van der Waals surface area contributed by atoms with E-state index in [1.165, 1.54) is 6.07 Å².